The molecule has 13 heavy (non-hydrogen) atoms. The van der Waals surface area contributed by atoms with Crippen molar-refractivity contribution in [3.63, 3.8) is 0 Å². The first-order valence-corrected chi connectivity index (χ1v) is 3.91. The minimum atomic E-state index is -0.839. The zero-order valence-corrected chi connectivity index (χ0v) is 7.37. The molecule has 70 valence electrons. The Kier molecular flexibility index (Phi) is 2.87. The van der Waals surface area contributed by atoms with Gasteiger partial charge in [-0.3, -0.25) is 10.6 Å². The quantitative estimate of drug-likeness (QED) is 0.477. The average Bonchev–Trinajstić information content (AvgIpc) is 2.01. The highest BCUT2D eigenvalue weighted by atomic mass is 16.4. The van der Waals surface area contributed by atoms with E-state index in [-0.39, 0.29) is 6.42 Å². The molecule has 0 aromatic heterocycles. The molecular weight excluding hydrogens is 168 g/mol. The van der Waals surface area contributed by atoms with Gasteiger partial charge in [-0.1, -0.05) is 6.07 Å². The van der Waals surface area contributed by atoms with Crippen LogP contribution < -0.4 is 11.3 Å². The predicted octanol–water partition coefficient (Wildman–Crippen LogP) is 0.908. The van der Waals surface area contributed by atoms with Crippen molar-refractivity contribution in [3.05, 3.63) is 29.3 Å². The van der Waals surface area contributed by atoms with Gasteiger partial charge in [-0.05, 0) is 30.2 Å². The molecule has 0 aliphatic carbocycles. The largest absolute Gasteiger partial charge is 0.481 e. The van der Waals surface area contributed by atoms with Gasteiger partial charge in [0.1, 0.15) is 0 Å². The summed E-state index contributed by atoms with van der Waals surface area (Å²) in [6, 6.07) is 5.40. The van der Waals surface area contributed by atoms with Gasteiger partial charge in [0, 0.05) is 5.69 Å². The van der Waals surface area contributed by atoms with Crippen LogP contribution in [-0.4, -0.2) is 11.1 Å². The number of aliphatic carboxylic acids is 1. The van der Waals surface area contributed by atoms with Crippen LogP contribution in [0, 0.1) is 6.92 Å². The van der Waals surface area contributed by atoms with Crippen LogP contribution in [-0.2, 0) is 11.2 Å². The third-order valence-electron chi connectivity index (χ3n) is 1.66. The zero-order chi connectivity index (χ0) is 9.84. The molecule has 4 nitrogen and oxygen atoms in total. The van der Waals surface area contributed by atoms with Crippen molar-refractivity contribution in [2.24, 2.45) is 5.84 Å². The van der Waals surface area contributed by atoms with Crippen LogP contribution in [0.1, 0.15) is 11.1 Å². The number of aryl methyl sites for hydroxylation is 1. The molecule has 1 aromatic rings. The predicted molar refractivity (Wildman–Crippen MR) is 50.3 cm³/mol. The van der Waals surface area contributed by atoms with Gasteiger partial charge in [0.25, 0.3) is 0 Å². The van der Waals surface area contributed by atoms with Crippen molar-refractivity contribution in [3.8, 4) is 0 Å². The maximum absolute atomic E-state index is 10.4. The fourth-order valence-corrected chi connectivity index (χ4v) is 1.22. The second-order valence-corrected chi connectivity index (χ2v) is 2.92. The number of hydrogen-bond acceptors (Lipinski definition) is 3. The molecule has 0 aliphatic heterocycles. The lowest BCUT2D eigenvalue weighted by Crippen LogP contribution is -2.08. The maximum atomic E-state index is 10.4. The molecule has 0 saturated heterocycles. The summed E-state index contributed by atoms with van der Waals surface area (Å²) in [5, 5.41) is 8.57. The number of carboxylic acids is 1. The molecule has 0 unspecified atom stereocenters. The Labute approximate surface area is 76.3 Å². The minimum Gasteiger partial charge on any atom is -0.481 e. The summed E-state index contributed by atoms with van der Waals surface area (Å²) in [5.41, 5.74) is 4.96. The van der Waals surface area contributed by atoms with E-state index in [0.717, 1.165) is 16.8 Å². The van der Waals surface area contributed by atoms with Crippen LogP contribution in [0.25, 0.3) is 0 Å². The van der Waals surface area contributed by atoms with Crippen LogP contribution in [0.3, 0.4) is 0 Å². The Hall–Kier alpha value is -1.55. The summed E-state index contributed by atoms with van der Waals surface area (Å²) in [7, 11) is 0. The molecule has 0 aliphatic rings. The van der Waals surface area contributed by atoms with Crippen molar-refractivity contribution >= 4 is 11.7 Å². The number of nitrogen functional groups attached to an aromatic ring is 1. The molecule has 0 atom stereocenters. The number of rotatable bonds is 3. The van der Waals surface area contributed by atoms with Gasteiger partial charge in [-0.25, -0.2) is 0 Å². The fourth-order valence-electron chi connectivity index (χ4n) is 1.22. The van der Waals surface area contributed by atoms with Crippen LogP contribution >= 0.6 is 0 Å². The van der Waals surface area contributed by atoms with Gasteiger partial charge < -0.3 is 10.5 Å². The van der Waals surface area contributed by atoms with Crippen LogP contribution in [0.2, 0.25) is 0 Å². The van der Waals surface area contributed by atoms with E-state index in [1.807, 2.05) is 19.1 Å². The van der Waals surface area contributed by atoms with Crippen LogP contribution in [0.5, 0.6) is 0 Å². The van der Waals surface area contributed by atoms with Crippen LogP contribution in [0.4, 0.5) is 5.69 Å². The molecular formula is C9H12N2O2. The molecule has 0 bridgehead atoms. The molecule has 4 heteroatoms. The fraction of sp³-hybridized carbons (Fsp3) is 0.222. The Balaban J connectivity index is 2.94. The zero-order valence-electron chi connectivity index (χ0n) is 7.37. The third-order valence-corrected chi connectivity index (χ3v) is 1.66. The molecule has 4 N–H and O–H groups in total. The molecule has 0 amide bonds. The molecule has 0 heterocycles. The summed E-state index contributed by atoms with van der Waals surface area (Å²) in [5.74, 6) is 4.38. The SMILES string of the molecule is Cc1cc(CC(=O)O)cc(NN)c1. The second kappa shape index (κ2) is 3.91. The summed E-state index contributed by atoms with van der Waals surface area (Å²) in [4.78, 5) is 10.4. The molecule has 0 saturated carbocycles. The highest BCUT2D eigenvalue weighted by molar-refractivity contribution is 5.71. The van der Waals surface area contributed by atoms with E-state index in [9.17, 15) is 4.79 Å². The molecule has 0 spiro atoms. The Morgan fingerprint density at radius 3 is 2.77 bits per heavy atom. The van der Waals surface area contributed by atoms with Crippen molar-refractivity contribution < 1.29 is 9.90 Å². The highest BCUT2D eigenvalue weighted by Crippen LogP contribution is 2.13. The summed E-state index contributed by atoms with van der Waals surface area (Å²) >= 11 is 0. The second-order valence-electron chi connectivity index (χ2n) is 2.92. The molecule has 1 rings (SSSR count). The van der Waals surface area contributed by atoms with Crippen LogP contribution in [0.15, 0.2) is 18.2 Å². The lowest BCUT2D eigenvalue weighted by atomic mass is 10.1. The van der Waals surface area contributed by atoms with E-state index in [0.29, 0.717) is 0 Å². The first kappa shape index (κ1) is 9.54. The number of anilines is 1. The van der Waals surface area contributed by atoms with Crippen molar-refractivity contribution in [1.29, 1.82) is 0 Å². The lowest BCUT2D eigenvalue weighted by Gasteiger charge is -2.04. The topological polar surface area (TPSA) is 75.3 Å². The number of nitrogens with one attached hydrogen (secondary N) is 1. The average molecular weight is 180 g/mol. The monoisotopic (exact) mass is 180 g/mol. The minimum absolute atomic E-state index is 0.0242. The maximum Gasteiger partial charge on any atom is 0.307 e. The van der Waals surface area contributed by atoms with E-state index in [1.54, 1.807) is 6.07 Å². The number of benzene rings is 1. The van der Waals surface area contributed by atoms with E-state index in [1.165, 1.54) is 0 Å². The summed E-state index contributed by atoms with van der Waals surface area (Å²) < 4.78 is 0. The molecule has 0 fully saturated rings. The normalized spacial score (nSPS) is 9.69. The third kappa shape index (κ3) is 2.76. The number of hydrazine groups is 1. The molecule has 1 aromatic carbocycles. The van der Waals surface area contributed by atoms with Gasteiger partial charge in [-0.15, -0.1) is 0 Å². The standard InChI is InChI=1S/C9H12N2O2/c1-6-2-7(5-9(12)13)4-8(3-6)11-10/h2-4,11H,5,10H2,1H3,(H,12,13). The van der Waals surface area contributed by atoms with Gasteiger partial charge >= 0.3 is 5.97 Å². The van der Waals surface area contributed by atoms with Gasteiger partial charge in [0.2, 0.25) is 0 Å². The first-order chi connectivity index (χ1) is 6.11. The highest BCUT2D eigenvalue weighted by Gasteiger charge is 2.02. The number of carbonyl (C=O) groups is 1. The number of hydrogen-bond donors (Lipinski definition) is 3. The van der Waals surface area contributed by atoms with Gasteiger partial charge in [0.05, 0.1) is 6.42 Å². The summed E-state index contributed by atoms with van der Waals surface area (Å²) in [6.45, 7) is 1.90. The van der Waals surface area contributed by atoms with E-state index < -0.39 is 5.97 Å². The lowest BCUT2D eigenvalue weighted by molar-refractivity contribution is -0.136. The van der Waals surface area contributed by atoms with Crippen molar-refractivity contribution in [2.75, 3.05) is 5.43 Å². The van der Waals surface area contributed by atoms with E-state index in [2.05, 4.69) is 5.43 Å². The molecule has 0 radical (unpaired) electrons. The first-order valence-electron chi connectivity index (χ1n) is 3.91. The Morgan fingerprint density at radius 1 is 1.54 bits per heavy atom. The van der Waals surface area contributed by atoms with E-state index in [4.69, 9.17) is 10.9 Å². The smallest absolute Gasteiger partial charge is 0.307 e. The number of nitrogens with two attached hydrogens (primary N) is 1. The van der Waals surface area contributed by atoms with Crippen molar-refractivity contribution in [2.45, 2.75) is 13.3 Å². The Morgan fingerprint density at radius 2 is 2.23 bits per heavy atom. The summed E-state index contributed by atoms with van der Waals surface area (Å²) in [6.07, 6.45) is 0.0242. The van der Waals surface area contributed by atoms with Crippen molar-refractivity contribution in [1.82, 2.24) is 0 Å². The van der Waals surface area contributed by atoms with Gasteiger partial charge in [-0.2, -0.15) is 0 Å². The van der Waals surface area contributed by atoms with Gasteiger partial charge in [0.15, 0.2) is 0 Å². The number of carboxylic acid groups (broad SMARTS) is 1. The van der Waals surface area contributed by atoms with E-state index >= 15 is 0 Å². The Bertz CT molecular complexity index is 323.